The Morgan fingerprint density at radius 1 is 1.07 bits per heavy atom. The molecule has 0 bridgehead atoms. The molecule has 0 aromatic heterocycles. The summed E-state index contributed by atoms with van der Waals surface area (Å²) in [7, 11) is 0. The molecule has 0 aliphatic carbocycles. The summed E-state index contributed by atoms with van der Waals surface area (Å²) in [5, 5.41) is 15.1. The van der Waals surface area contributed by atoms with E-state index in [4.69, 9.17) is 9.84 Å². The van der Waals surface area contributed by atoms with Crippen LogP contribution in [0, 0.1) is 0 Å². The molecule has 0 aromatic rings. The molecule has 0 saturated heterocycles. The zero-order valence-corrected chi connectivity index (χ0v) is 10.3. The third kappa shape index (κ3) is 11.8. The lowest BCUT2D eigenvalue weighted by atomic mass is 10.2. The smallest absolute Gasteiger partial charge is 0.0591 e. The van der Waals surface area contributed by atoms with Gasteiger partial charge in [0.05, 0.1) is 13.2 Å². The second-order valence-corrected chi connectivity index (χ2v) is 4.09. The van der Waals surface area contributed by atoms with Crippen molar-refractivity contribution in [2.45, 2.75) is 39.3 Å². The molecule has 1 atom stereocenters. The minimum Gasteiger partial charge on any atom is -0.395 e. The van der Waals surface area contributed by atoms with Crippen molar-refractivity contribution >= 4 is 0 Å². The number of aliphatic hydroxyl groups is 1. The minimum absolute atomic E-state index is 0.198. The van der Waals surface area contributed by atoms with Crippen molar-refractivity contribution < 1.29 is 9.84 Å². The van der Waals surface area contributed by atoms with Gasteiger partial charge in [-0.05, 0) is 13.3 Å². The highest BCUT2D eigenvalue weighted by Crippen LogP contribution is 1.90. The highest BCUT2D eigenvalue weighted by atomic mass is 16.5. The van der Waals surface area contributed by atoms with Crippen LogP contribution >= 0.6 is 0 Å². The number of hydrogen-bond donors (Lipinski definition) is 3. The maximum absolute atomic E-state index is 8.61. The van der Waals surface area contributed by atoms with Gasteiger partial charge in [-0.2, -0.15) is 0 Å². The summed E-state index contributed by atoms with van der Waals surface area (Å²) >= 11 is 0. The Morgan fingerprint density at radius 2 is 1.80 bits per heavy atom. The average molecular weight is 218 g/mol. The highest BCUT2D eigenvalue weighted by molar-refractivity contribution is 4.59. The van der Waals surface area contributed by atoms with Crippen molar-refractivity contribution in [2.24, 2.45) is 0 Å². The van der Waals surface area contributed by atoms with E-state index < -0.39 is 0 Å². The van der Waals surface area contributed by atoms with Crippen LogP contribution in [0.15, 0.2) is 0 Å². The van der Waals surface area contributed by atoms with E-state index in [0.29, 0.717) is 18.6 Å². The highest BCUT2D eigenvalue weighted by Gasteiger charge is 1.99. The molecule has 15 heavy (non-hydrogen) atoms. The topological polar surface area (TPSA) is 53.5 Å². The van der Waals surface area contributed by atoms with Crippen molar-refractivity contribution in [3.05, 3.63) is 0 Å². The number of aliphatic hydroxyl groups excluding tert-OH is 1. The summed E-state index contributed by atoms with van der Waals surface area (Å²) in [6.07, 6.45) is 0.988. The van der Waals surface area contributed by atoms with Gasteiger partial charge in [-0.25, -0.2) is 0 Å². The molecule has 0 aliphatic heterocycles. The number of hydrogen-bond acceptors (Lipinski definition) is 4. The van der Waals surface area contributed by atoms with Crippen LogP contribution in [0.5, 0.6) is 0 Å². The molecule has 0 fully saturated rings. The quantitative estimate of drug-likeness (QED) is 0.464. The van der Waals surface area contributed by atoms with Crippen LogP contribution in [0.1, 0.15) is 27.2 Å². The standard InChI is InChI=1S/C11H26N2O2/c1-10(2)12-6-9-15-8-4-11(3)13-5-7-14/h10-14H,4-9H2,1-3H3. The largest absolute Gasteiger partial charge is 0.395 e. The zero-order valence-electron chi connectivity index (χ0n) is 10.3. The lowest BCUT2D eigenvalue weighted by Crippen LogP contribution is -2.30. The Labute approximate surface area is 93.4 Å². The molecule has 0 spiro atoms. The lowest BCUT2D eigenvalue weighted by molar-refractivity contribution is 0.125. The van der Waals surface area contributed by atoms with Crippen LogP contribution in [0.2, 0.25) is 0 Å². The normalized spacial score (nSPS) is 13.4. The van der Waals surface area contributed by atoms with Gasteiger partial charge in [-0.15, -0.1) is 0 Å². The first-order chi connectivity index (χ1) is 7.16. The summed E-state index contributed by atoms with van der Waals surface area (Å²) in [5.74, 6) is 0. The monoisotopic (exact) mass is 218 g/mol. The van der Waals surface area contributed by atoms with Crippen molar-refractivity contribution in [3.63, 3.8) is 0 Å². The van der Waals surface area contributed by atoms with Gasteiger partial charge in [0, 0.05) is 31.8 Å². The first-order valence-corrected chi connectivity index (χ1v) is 5.82. The molecule has 4 heteroatoms. The van der Waals surface area contributed by atoms with Crippen LogP contribution in [-0.2, 0) is 4.74 Å². The Morgan fingerprint density at radius 3 is 2.40 bits per heavy atom. The summed E-state index contributed by atoms with van der Waals surface area (Å²) < 4.78 is 5.47. The molecule has 0 aliphatic rings. The molecular formula is C11H26N2O2. The van der Waals surface area contributed by atoms with Gasteiger partial charge in [-0.1, -0.05) is 13.8 Å². The van der Waals surface area contributed by atoms with Crippen LogP contribution in [0.4, 0.5) is 0 Å². The molecule has 3 N–H and O–H groups in total. The van der Waals surface area contributed by atoms with Crippen LogP contribution in [0.25, 0.3) is 0 Å². The SMILES string of the molecule is CC(C)NCCOCCC(C)NCCO. The fraction of sp³-hybridized carbons (Fsp3) is 1.00. The second kappa shape index (κ2) is 10.4. The van der Waals surface area contributed by atoms with Gasteiger partial charge in [0.1, 0.15) is 0 Å². The summed E-state index contributed by atoms with van der Waals surface area (Å²) in [4.78, 5) is 0. The summed E-state index contributed by atoms with van der Waals surface area (Å²) in [5.41, 5.74) is 0. The fourth-order valence-electron chi connectivity index (χ4n) is 1.19. The zero-order chi connectivity index (χ0) is 11.5. The lowest BCUT2D eigenvalue weighted by Gasteiger charge is -2.13. The molecule has 4 nitrogen and oxygen atoms in total. The molecule has 0 amide bonds. The predicted molar refractivity (Wildman–Crippen MR) is 63.1 cm³/mol. The van der Waals surface area contributed by atoms with Crippen molar-refractivity contribution in [2.75, 3.05) is 32.9 Å². The Bertz CT molecular complexity index is 132. The van der Waals surface area contributed by atoms with Gasteiger partial charge < -0.3 is 20.5 Å². The van der Waals surface area contributed by atoms with Crippen molar-refractivity contribution in [3.8, 4) is 0 Å². The van der Waals surface area contributed by atoms with Crippen molar-refractivity contribution in [1.29, 1.82) is 0 Å². The van der Waals surface area contributed by atoms with E-state index in [-0.39, 0.29) is 6.61 Å². The molecule has 0 saturated carbocycles. The summed E-state index contributed by atoms with van der Waals surface area (Å²) in [6, 6.07) is 0.939. The maximum Gasteiger partial charge on any atom is 0.0591 e. The Hall–Kier alpha value is -0.160. The molecular weight excluding hydrogens is 192 g/mol. The number of ether oxygens (including phenoxy) is 1. The second-order valence-electron chi connectivity index (χ2n) is 4.09. The van der Waals surface area contributed by atoms with E-state index in [1.807, 2.05) is 0 Å². The predicted octanol–water partition coefficient (Wildman–Crippen LogP) is 0.362. The Balaban J connectivity index is 3.09. The number of nitrogens with one attached hydrogen (secondary N) is 2. The van der Waals surface area contributed by atoms with E-state index >= 15 is 0 Å². The molecule has 0 aromatic carbocycles. The summed E-state index contributed by atoms with van der Waals surface area (Å²) in [6.45, 7) is 9.67. The van der Waals surface area contributed by atoms with E-state index in [1.54, 1.807) is 0 Å². The fourth-order valence-corrected chi connectivity index (χ4v) is 1.19. The third-order valence-electron chi connectivity index (χ3n) is 2.10. The van der Waals surface area contributed by atoms with Gasteiger partial charge in [0.2, 0.25) is 0 Å². The molecule has 0 heterocycles. The van der Waals surface area contributed by atoms with E-state index in [2.05, 4.69) is 31.4 Å². The number of rotatable bonds is 10. The first kappa shape index (κ1) is 14.8. The molecule has 1 unspecified atom stereocenters. The van der Waals surface area contributed by atoms with Gasteiger partial charge in [0.25, 0.3) is 0 Å². The van der Waals surface area contributed by atoms with Gasteiger partial charge >= 0.3 is 0 Å². The van der Waals surface area contributed by atoms with Crippen LogP contribution < -0.4 is 10.6 Å². The Kier molecular flexibility index (Phi) is 10.3. The van der Waals surface area contributed by atoms with Gasteiger partial charge in [-0.3, -0.25) is 0 Å². The molecule has 0 rings (SSSR count). The third-order valence-corrected chi connectivity index (χ3v) is 2.10. The average Bonchev–Trinajstić information content (AvgIpc) is 2.19. The van der Waals surface area contributed by atoms with Crippen LogP contribution in [-0.4, -0.2) is 50.1 Å². The van der Waals surface area contributed by atoms with Gasteiger partial charge in [0.15, 0.2) is 0 Å². The van der Waals surface area contributed by atoms with E-state index in [1.165, 1.54) is 0 Å². The molecule has 92 valence electrons. The maximum atomic E-state index is 8.61. The minimum atomic E-state index is 0.198. The van der Waals surface area contributed by atoms with E-state index in [0.717, 1.165) is 26.2 Å². The van der Waals surface area contributed by atoms with Crippen molar-refractivity contribution in [1.82, 2.24) is 10.6 Å². The first-order valence-electron chi connectivity index (χ1n) is 5.82. The van der Waals surface area contributed by atoms with Crippen LogP contribution in [0.3, 0.4) is 0 Å². The molecule has 0 radical (unpaired) electrons. The van der Waals surface area contributed by atoms with E-state index in [9.17, 15) is 0 Å².